The average molecular weight is 154 g/mol. The molecule has 0 aromatic heterocycles. The molecule has 0 spiro atoms. The van der Waals surface area contributed by atoms with Gasteiger partial charge in [0, 0.05) is 6.04 Å². The van der Waals surface area contributed by atoms with E-state index in [4.69, 9.17) is 1.37 Å². The minimum atomic E-state index is -0.101. The number of allylic oxidation sites excluding steroid dienone is 1. The first-order chi connectivity index (χ1) is 5.72. The van der Waals surface area contributed by atoms with Gasteiger partial charge in [-0.15, -0.1) is 0 Å². The van der Waals surface area contributed by atoms with Crippen LogP contribution in [0.3, 0.4) is 0 Å². The van der Waals surface area contributed by atoms with Gasteiger partial charge in [-0.05, 0) is 25.3 Å². The van der Waals surface area contributed by atoms with E-state index in [0.29, 0.717) is 18.5 Å². The van der Waals surface area contributed by atoms with E-state index in [-0.39, 0.29) is 5.91 Å². The monoisotopic (exact) mass is 154 g/mol. The van der Waals surface area contributed by atoms with Crippen LogP contribution in [0.25, 0.3) is 0 Å². The minimum Gasteiger partial charge on any atom is -0.350 e. The molecule has 0 bridgehead atoms. The average Bonchev–Trinajstić information content (AvgIpc) is 2.71. The smallest absolute Gasteiger partial charge is 0.243 e. The second kappa shape index (κ2) is 4.16. The fraction of sp³-hybridized carbons (Fsp3) is 0.667. The minimum absolute atomic E-state index is 0.101. The zero-order valence-corrected chi connectivity index (χ0v) is 6.89. The number of amides is 1. The third-order valence-corrected chi connectivity index (χ3v) is 1.55. The van der Waals surface area contributed by atoms with Crippen LogP contribution in [0.4, 0.5) is 0 Å². The molecule has 1 saturated carbocycles. The lowest BCUT2D eigenvalue weighted by Crippen LogP contribution is -2.22. The Morgan fingerprint density at radius 2 is 2.55 bits per heavy atom. The molecule has 0 heterocycles. The van der Waals surface area contributed by atoms with Gasteiger partial charge in [-0.3, -0.25) is 4.79 Å². The molecule has 11 heavy (non-hydrogen) atoms. The third-order valence-electron chi connectivity index (χ3n) is 1.55. The Morgan fingerprint density at radius 1 is 1.82 bits per heavy atom. The predicted molar refractivity (Wildman–Crippen MR) is 45.2 cm³/mol. The molecule has 0 saturated heterocycles. The Labute approximate surface area is 69.1 Å². The molecular weight excluding hydrogens is 138 g/mol. The van der Waals surface area contributed by atoms with Crippen LogP contribution in [-0.2, 0) is 4.79 Å². The van der Waals surface area contributed by atoms with Crippen molar-refractivity contribution in [3.8, 4) is 0 Å². The molecule has 2 nitrogen and oxygen atoms in total. The quantitative estimate of drug-likeness (QED) is 0.612. The predicted octanol–water partition coefficient (Wildman–Crippen LogP) is 1.62. The molecule has 0 unspecified atom stereocenters. The number of carbonyl (C=O) groups is 1. The largest absolute Gasteiger partial charge is 0.350 e. The van der Waals surface area contributed by atoms with Gasteiger partial charge < -0.3 is 5.32 Å². The molecular formula is C9H15NO. The fourth-order valence-electron chi connectivity index (χ4n) is 0.780. The molecule has 1 amide bonds. The van der Waals surface area contributed by atoms with E-state index in [2.05, 4.69) is 5.32 Å². The molecule has 0 aromatic rings. The van der Waals surface area contributed by atoms with Crippen molar-refractivity contribution in [1.29, 1.82) is 0 Å². The third kappa shape index (κ3) is 3.81. The fourth-order valence-corrected chi connectivity index (χ4v) is 0.780. The summed E-state index contributed by atoms with van der Waals surface area (Å²) in [6, 6.07) is 0.818. The van der Waals surface area contributed by atoms with Crippen molar-refractivity contribution >= 4 is 5.91 Å². The van der Waals surface area contributed by atoms with Gasteiger partial charge in [-0.2, -0.15) is 0 Å². The highest BCUT2D eigenvalue weighted by Crippen LogP contribution is 2.18. The van der Waals surface area contributed by atoms with E-state index in [0.717, 1.165) is 19.3 Å². The Bertz CT molecular complexity index is 197. The molecule has 0 aromatic carbocycles. The lowest BCUT2D eigenvalue weighted by molar-refractivity contribution is -0.116. The standard InChI is InChI=1S/C9H15NO/c1-2-3-4-5-9(11)10-8-6-7-8/h4-5,8H,2-3,6-7H2,1H3,(H,10,11)/b5-4+/i4D. The van der Waals surface area contributed by atoms with E-state index >= 15 is 0 Å². The lowest BCUT2D eigenvalue weighted by Gasteiger charge is -1.95. The van der Waals surface area contributed by atoms with Gasteiger partial charge in [-0.1, -0.05) is 19.4 Å². The Hall–Kier alpha value is -0.790. The van der Waals surface area contributed by atoms with Crippen molar-refractivity contribution in [2.45, 2.75) is 38.6 Å². The maximum Gasteiger partial charge on any atom is 0.243 e. The lowest BCUT2D eigenvalue weighted by atomic mass is 10.3. The molecule has 0 radical (unpaired) electrons. The van der Waals surface area contributed by atoms with Crippen LogP contribution in [0.15, 0.2) is 12.1 Å². The maximum absolute atomic E-state index is 11.1. The molecule has 1 N–H and O–H groups in total. The second-order valence-corrected chi connectivity index (χ2v) is 2.88. The van der Waals surface area contributed by atoms with Crippen LogP contribution in [-0.4, -0.2) is 11.9 Å². The van der Waals surface area contributed by atoms with Gasteiger partial charge in [0.25, 0.3) is 0 Å². The summed E-state index contributed by atoms with van der Waals surface area (Å²) < 4.78 is 7.37. The SMILES string of the molecule is [2H]/C(=C\C(=O)NC1CC1)CCC. The van der Waals surface area contributed by atoms with Crippen molar-refractivity contribution in [3.05, 3.63) is 12.1 Å². The van der Waals surface area contributed by atoms with Crippen molar-refractivity contribution in [2.24, 2.45) is 0 Å². The van der Waals surface area contributed by atoms with Crippen LogP contribution >= 0.6 is 0 Å². The van der Waals surface area contributed by atoms with Crippen LogP contribution < -0.4 is 5.32 Å². The first-order valence-corrected chi connectivity index (χ1v) is 4.20. The van der Waals surface area contributed by atoms with Crippen LogP contribution in [0.1, 0.15) is 34.0 Å². The Kier molecular flexibility index (Phi) is 2.61. The van der Waals surface area contributed by atoms with Gasteiger partial charge in [-0.25, -0.2) is 0 Å². The van der Waals surface area contributed by atoms with E-state index in [1.807, 2.05) is 6.92 Å². The summed E-state index contributed by atoms with van der Waals surface area (Å²) in [5.41, 5.74) is 0. The summed E-state index contributed by atoms with van der Waals surface area (Å²) in [6.45, 7) is 2.00. The van der Waals surface area contributed by atoms with E-state index in [9.17, 15) is 4.79 Å². The summed E-state index contributed by atoms with van der Waals surface area (Å²) in [5, 5.41) is 2.81. The zero-order valence-electron chi connectivity index (χ0n) is 7.89. The molecule has 1 fully saturated rings. The van der Waals surface area contributed by atoms with Gasteiger partial charge in [0.05, 0.1) is 1.37 Å². The summed E-state index contributed by atoms with van der Waals surface area (Å²) in [6.07, 6.45) is 5.20. The molecule has 2 heteroatoms. The van der Waals surface area contributed by atoms with Gasteiger partial charge in [0.2, 0.25) is 5.91 Å². The molecule has 0 atom stereocenters. The van der Waals surface area contributed by atoms with Gasteiger partial charge >= 0.3 is 0 Å². The number of nitrogens with one attached hydrogen (secondary N) is 1. The summed E-state index contributed by atoms with van der Waals surface area (Å²) >= 11 is 0. The van der Waals surface area contributed by atoms with E-state index in [1.165, 1.54) is 6.08 Å². The second-order valence-electron chi connectivity index (χ2n) is 2.88. The first-order valence-electron chi connectivity index (χ1n) is 4.70. The highest BCUT2D eigenvalue weighted by atomic mass is 16.1. The first kappa shape index (κ1) is 6.89. The number of hydrogen-bond acceptors (Lipinski definition) is 1. The van der Waals surface area contributed by atoms with Crippen LogP contribution in [0.5, 0.6) is 0 Å². The van der Waals surface area contributed by atoms with Crippen molar-refractivity contribution in [1.82, 2.24) is 5.32 Å². The van der Waals surface area contributed by atoms with Crippen LogP contribution in [0, 0.1) is 0 Å². The topological polar surface area (TPSA) is 29.1 Å². The molecule has 0 aliphatic heterocycles. The van der Waals surface area contributed by atoms with E-state index in [1.54, 1.807) is 0 Å². The summed E-state index contributed by atoms with van der Waals surface area (Å²) in [4.78, 5) is 11.1. The molecule has 1 rings (SSSR count). The highest BCUT2D eigenvalue weighted by Gasteiger charge is 2.21. The van der Waals surface area contributed by atoms with Crippen LogP contribution in [0.2, 0.25) is 0 Å². The zero-order chi connectivity index (χ0) is 8.97. The molecule has 1 aliphatic carbocycles. The van der Waals surface area contributed by atoms with Crippen molar-refractivity contribution in [3.63, 3.8) is 0 Å². The van der Waals surface area contributed by atoms with Crippen molar-refractivity contribution in [2.75, 3.05) is 0 Å². The van der Waals surface area contributed by atoms with Crippen molar-refractivity contribution < 1.29 is 6.17 Å². The number of hydrogen-bond donors (Lipinski definition) is 1. The van der Waals surface area contributed by atoms with E-state index < -0.39 is 0 Å². The highest BCUT2D eigenvalue weighted by molar-refractivity contribution is 5.87. The molecule has 62 valence electrons. The maximum atomic E-state index is 11.1. The summed E-state index contributed by atoms with van der Waals surface area (Å²) in [7, 11) is 0. The Balaban J connectivity index is 2.25. The number of rotatable bonds is 4. The van der Waals surface area contributed by atoms with Gasteiger partial charge in [0.15, 0.2) is 0 Å². The normalized spacial score (nSPS) is 19.4. The van der Waals surface area contributed by atoms with Gasteiger partial charge in [0.1, 0.15) is 0 Å². The molecule has 1 aliphatic rings. The number of carbonyl (C=O) groups excluding carboxylic acids is 1. The summed E-state index contributed by atoms with van der Waals surface area (Å²) in [5.74, 6) is -0.101. The Morgan fingerprint density at radius 3 is 3.09 bits per heavy atom.